The lowest BCUT2D eigenvalue weighted by Crippen LogP contribution is -2.33. The molecule has 23 heavy (non-hydrogen) atoms. The third-order valence-corrected chi connectivity index (χ3v) is 3.86. The number of nitrogen functional groups attached to an aromatic ring is 1. The van der Waals surface area contributed by atoms with Gasteiger partial charge in [-0.2, -0.15) is 0 Å². The van der Waals surface area contributed by atoms with Crippen LogP contribution in [-0.4, -0.2) is 59.5 Å². The molecule has 0 bridgehead atoms. The summed E-state index contributed by atoms with van der Waals surface area (Å²) in [5.41, 5.74) is 6.19. The Morgan fingerprint density at radius 1 is 1.39 bits per heavy atom. The Hall–Kier alpha value is -1.69. The van der Waals surface area contributed by atoms with Crippen LogP contribution in [0.2, 0.25) is 0 Å². The maximum Gasteiger partial charge on any atom is 0.510 e. The van der Waals surface area contributed by atoms with Gasteiger partial charge in [-0.3, -0.25) is 14.0 Å². The van der Waals surface area contributed by atoms with Gasteiger partial charge in [-0.1, -0.05) is 0 Å². The quantitative estimate of drug-likeness (QED) is 0.509. The molecule has 126 valence electrons. The second kappa shape index (κ2) is 5.74. The summed E-state index contributed by atoms with van der Waals surface area (Å²) in [6.07, 6.45) is -2.75. The van der Waals surface area contributed by atoms with E-state index in [0.29, 0.717) is 0 Å². The molecule has 0 saturated carbocycles. The maximum atomic E-state index is 12.5. The molecule has 3 heterocycles. The van der Waals surface area contributed by atoms with Gasteiger partial charge in [0.1, 0.15) is 30.2 Å². The van der Waals surface area contributed by atoms with E-state index in [0.717, 1.165) is 0 Å². The van der Waals surface area contributed by atoms with Crippen LogP contribution in [0.3, 0.4) is 0 Å². The first-order valence-electron chi connectivity index (χ1n) is 6.39. The smallest absolute Gasteiger partial charge is 0.387 e. The molecule has 1 fully saturated rings. The Bertz CT molecular complexity index is 767. The number of fused-ring (bicyclic) bond motifs is 1. The third kappa shape index (κ3) is 3.04. The van der Waals surface area contributed by atoms with E-state index >= 15 is 0 Å². The van der Waals surface area contributed by atoms with Gasteiger partial charge in [0.25, 0.3) is 0 Å². The summed E-state index contributed by atoms with van der Waals surface area (Å²) in [7, 11) is -5.22. The van der Waals surface area contributed by atoms with Gasteiger partial charge in [-0.15, -0.1) is 4.20 Å². The van der Waals surface area contributed by atoms with E-state index in [9.17, 15) is 19.0 Å². The molecule has 2 aromatic heterocycles. The van der Waals surface area contributed by atoms with Crippen molar-refractivity contribution in [1.29, 1.82) is 0 Å². The number of anilines is 1. The van der Waals surface area contributed by atoms with Crippen molar-refractivity contribution in [2.45, 2.75) is 24.5 Å². The Morgan fingerprint density at radius 2 is 2.13 bits per heavy atom. The second-order valence-electron chi connectivity index (χ2n) is 4.88. The molecule has 0 aromatic carbocycles. The number of rotatable bonds is 4. The highest BCUT2D eigenvalue weighted by Crippen LogP contribution is 2.44. The minimum atomic E-state index is -5.22. The summed E-state index contributed by atoms with van der Waals surface area (Å²) < 4.78 is 33.8. The molecule has 0 aliphatic carbocycles. The van der Waals surface area contributed by atoms with Gasteiger partial charge in [0, 0.05) is 0 Å². The minimum absolute atomic E-state index is 0.125. The van der Waals surface area contributed by atoms with E-state index in [1.807, 2.05) is 0 Å². The van der Waals surface area contributed by atoms with Crippen LogP contribution in [0, 0.1) is 0 Å². The Labute approximate surface area is 128 Å². The summed E-state index contributed by atoms with van der Waals surface area (Å²) in [4.78, 5) is 20.2. The number of nitrogens with two attached hydrogens (primary N) is 1. The number of hydrogen-bond acceptors (Lipinski definition) is 9. The second-order valence-corrected chi connectivity index (χ2v) is 6.04. The van der Waals surface area contributed by atoms with Crippen LogP contribution in [-0.2, 0) is 13.8 Å². The summed E-state index contributed by atoms with van der Waals surface area (Å²) in [6, 6.07) is 0. The highest BCUT2D eigenvalue weighted by Gasteiger charge is 2.45. The molecule has 13 heteroatoms. The highest BCUT2D eigenvalue weighted by atomic mass is 31.2. The number of aliphatic hydroxyl groups is 2. The molecule has 5 unspecified atom stereocenters. The van der Waals surface area contributed by atoms with Gasteiger partial charge < -0.3 is 20.7 Å². The molecule has 3 rings (SSSR count). The van der Waals surface area contributed by atoms with Gasteiger partial charge in [0.05, 0.1) is 12.9 Å². The molecule has 1 aliphatic rings. The van der Waals surface area contributed by atoms with Crippen LogP contribution in [0.4, 0.5) is 10.0 Å². The van der Waals surface area contributed by atoms with Crippen LogP contribution < -0.4 is 5.73 Å². The zero-order chi connectivity index (χ0) is 16.8. The average molecular weight is 349 g/mol. The Kier molecular flexibility index (Phi) is 4.04. The predicted octanol–water partition coefficient (Wildman–Crippen LogP) is -0.886. The number of hydrogen-bond donors (Lipinski definition) is 4. The predicted molar refractivity (Wildman–Crippen MR) is 72.5 cm³/mol. The molecule has 1 saturated heterocycles. The van der Waals surface area contributed by atoms with Crippen molar-refractivity contribution in [1.82, 2.24) is 19.5 Å². The highest BCUT2D eigenvalue weighted by molar-refractivity contribution is 7.46. The van der Waals surface area contributed by atoms with E-state index in [1.165, 1.54) is 17.2 Å². The first kappa shape index (κ1) is 16.2. The molecule has 11 nitrogen and oxygen atoms in total. The van der Waals surface area contributed by atoms with Gasteiger partial charge in [-0.05, 0) is 0 Å². The van der Waals surface area contributed by atoms with E-state index < -0.39 is 39.1 Å². The molecule has 0 radical (unpaired) electrons. The largest absolute Gasteiger partial charge is 0.510 e. The number of halogens is 1. The number of ether oxygens (including phenoxy) is 1. The van der Waals surface area contributed by atoms with Gasteiger partial charge in [-0.25, -0.2) is 19.5 Å². The SMILES string of the molecule is Nc1ncnc2c1ncn2C1OC(COP(=O)(O)F)C(O)C1O. The van der Waals surface area contributed by atoms with Crippen LogP contribution in [0.15, 0.2) is 12.7 Å². The minimum Gasteiger partial charge on any atom is -0.387 e. The number of imidazole rings is 1. The number of aliphatic hydroxyl groups excluding tert-OH is 2. The fourth-order valence-corrected chi connectivity index (χ4v) is 2.65. The summed E-state index contributed by atoms with van der Waals surface area (Å²) >= 11 is 0. The third-order valence-electron chi connectivity index (χ3n) is 3.40. The lowest BCUT2D eigenvalue weighted by atomic mass is 10.1. The summed E-state index contributed by atoms with van der Waals surface area (Å²) in [6.45, 7) is -0.719. The van der Waals surface area contributed by atoms with Crippen molar-refractivity contribution in [3.8, 4) is 0 Å². The van der Waals surface area contributed by atoms with Crippen molar-refractivity contribution in [3.05, 3.63) is 12.7 Å². The lowest BCUT2D eigenvalue weighted by molar-refractivity contribution is -0.0495. The fourth-order valence-electron chi connectivity index (χ4n) is 2.32. The van der Waals surface area contributed by atoms with Crippen LogP contribution in [0.5, 0.6) is 0 Å². The molecular weight excluding hydrogens is 336 g/mol. The molecule has 0 spiro atoms. The van der Waals surface area contributed by atoms with Crippen molar-refractivity contribution >= 4 is 24.9 Å². The molecule has 0 amide bonds. The number of nitrogens with zero attached hydrogens (tertiary/aromatic N) is 4. The summed E-state index contributed by atoms with van der Waals surface area (Å²) in [5.74, 6) is 0.125. The first-order valence-corrected chi connectivity index (χ1v) is 7.86. The van der Waals surface area contributed by atoms with Crippen molar-refractivity contribution < 1.29 is 33.1 Å². The van der Waals surface area contributed by atoms with E-state index in [-0.39, 0.29) is 17.0 Å². The zero-order valence-electron chi connectivity index (χ0n) is 11.4. The molecule has 1 aliphatic heterocycles. The standard InChI is InChI=1S/C10H13FN5O6P/c11-23(19,20)21-1-4-6(17)7(18)10(22-4)16-3-15-5-8(12)13-2-14-9(5)16/h2-4,6-7,10,17-18H,1H2,(H,19,20)(H2,12,13,14). The van der Waals surface area contributed by atoms with Gasteiger partial charge in [0.2, 0.25) is 0 Å². The molecule has 5 atom stereocenters. The molecule has 5 N–H and O–H groups in total. The Morgan fingerprint density at radius 3 is 2.83 bits per heavy atom. The van der Waals surface area contributed by atoms with Crippen molar-refractivity contribution in [3.63, 3.8) is 0 Å². The maximum absolute atomic E-state index is 12.5. The topological polar surface area (TPSA) is 166 Å². The zero-order valence-corrected chi connectivity index (χ0v) is 12.3. The van der Waals surface area contributed by atoms with Crippen LogP contribution >= 0.6 is 7.91 Å². The van der Waals surface area contributed by atoms with Gasteiger partial charge >= 0.3 is 7.91 Å². The monoisotopic (exact) mass is 349 g/mol. The Balaban J connectivity index is 1.85. The van der Waals surface area contributed by atoms with Crippen LogP contribution in [0.25, 0.3) is 11.2 Å². The van der Waals surface area contributed by atoms with Crippen LogP contribution in [0.1, 0.15) is 6.23 Å². The summed E-state index contributed by atoms with van der Waals surface area (Å²) in [5, 5.41) is 20.0. The molecule has 2 aromatic rings. The van der Waals surface area contributed by atoms with Gasteiger partial charge in [0.15, 0.2) is 17.7 Å². The number of aromatic nitrogens is 4. The van der Waals surface area contributed by atoms with E-state index in [4.69, 9.17) is 15.4 Å². The fraction of sp³-hybridized carbons (Fsp3) is 0.500. The normalized spacial score (nSPS) is 30.6. The van der Waals surface area contributed by atoms with E-state index in [1.54, 1.807) is 0 Å². The van der Waals surface area contributed by atoms with Crippen molar-refractivity contribution in [2.24, 2.45) is 0 Å². The average Bonchev–Trinajstić information content (AvgIpc) is 3.01. The van der Waals surface area contributed by atoms with E-state index in [2.05, 4.69) is 19.5 Å². The first-order chi connectivity index (χ1) is 10.8. The lowest BCUT2D eigenvalue weighted by Gasteiger charge is -2.16. The molecular formula is C10H13FN5O6P. The van der Waals surface area contributed by atoms with Crippen molar-refractivity contribution in [2.75, 3.05) is 12.3 Å².